The summed E-state index contributed by atoms with van der Waals surface area (Å²) in [5, 5.41) is 20.8. The Labute approximate surface area is 788 Å². The topological polar surface area (TPSA) is 231 Å². The summed E-state index contributed by atoms with van der Waals surface area (Å²) in [4.78, 5) is 59.2. The Morgan fingerprint density at radius 3 is 0.651 bits per heavy atom. The van der Waals surface area contributed by atoms with Crippen LogP contribution in [0.15, 0.2) is 194 Å². The molecule has 0 bridgehead atoms. The number of phosphoric acid groups is 2. The number of hydrogen-bond acceptors (Lipinski definition) is 14. The van der Waals surface area contributed by atoms with Gasteiger partial charge in [0, 0.05) is 19.3 Å². The first-order valence-corrected chi connectivity index (χ1v) is 54.7. The molecule has 5 unspecified atom stereocenters. The maximum Gasteiger partial charge on any atom is 0.472 e. The lowest BCUT2D eigenvalue weighted by Crippen LogP contribution is -2.30. The summed E-state index contributed by atoms with van der Waals surface area (Å²) in [6.45, 7) is 2.48. The van der Waals surface area contributed by atoms with E-state index in [1.165, 1.54) is 193 Å². The Morgan fingerprint density at radius 1 is 0.225 bits per heavy atom. The van der Waals surface area contributed by atoms with Crippen LogP contribution in [0.5, 0.6) is 0 Å². The predicted octanol–water partition coefficient (Wildman–Crippen LogP) is 32.9. The number of aliphatic hydroxyl groups is 2. The molecule has 4 N–H and O–H groups in total. The van der Waals surface area contributed by atoms with Gasteiger partial charge in [0.1, 0.15) is 25.4 Å². The van der Waals surface area contributed by atoms with Gasteiger partial charge in [0.2, 0.25) is 0 Å². The van der Waals surface area contributed by atoms with Gasteiger partial charge in [-0.15, -0.1) is 0 Å². The molecular formula is C111H188O16P2. The molecule has 0 saturated heterocycles. The van der Waals surface area contributed by atoms with Gasteiger partial charge in [-0.2, -0.15) is 0 Å². The highest BCUT2D eigenvalue weighted by Crippen LogP contribution is 2.45. The van der Waals surface area contributed by atoms with Crippen molar-refractivity contribution >= 4 is 33.6 Å². The molecule has 0 radical (unpaired) electrons. The molecule has 738 valence electrons. The van der Waals surface area contributed by atoms with E-state index in [1.807, 2.05) is 0 Å². The average molecular weight is 1840 g/mol. The van der Waals surface area contributed by atoms with Crippen molar-refractivity contribution in [3.8, 4) is 0 Å². The summed E-state index contributed by atoms with van der Waals surface area (Å²) in [5.74, 6) is -1.57. The third-order valence-electron chi connectivity index (χ3n) is 21.8. The Kier molecular flexibility index (Phi) is 97.0. The Bertz CT molecular complexity index is 3130. The Hall–Kier alpha value is -5.61. The fourth-order valence-electron chi connectivity index (χ4n) is 14.0. The van der Waals surface area contributed by atoms with Crippen molar-refractivity contribution in [3.63, 3.8) is 0 Å². The third-order valence-corrected chi connectivity index (χ3v) is 23.7. The van der Waals surface area contributed by atoms with Crippen LogP contribution in [0, 0.1) is 0 Å². The molecule has 0 aromatic rings. The fraction of sp³-hybridized carbons (Fsp3) is 0.685. The molecule has 0 aromatic carbocycles. The smallest absolute Gasteiger partial charge is 0.463 e. The van der Waals surface area contributed by atoms with E-state index in [-0.39, 0.29) is 19.3 Å². The van der Waals surface area contributed by atoms with Gasteiger partial charge in [0.05, 0.1) is 26.4 Å². The lowest BCUT2D eigenvalue weighted by Gasteiger charge is -2.21. The Balaban J connectivity index is 4.61. The second-order valence-electron chi connectivity index (χ2n) is 34.2. The Morgan fingerprint density at radius 2 is 0.411 bits per heavy atom. The number of ether oxygens (including phenoxy) is 3. The zero-order chi connectivity index (χ0) is 93.5. The molecule has 0 aromatic heterocycles. The number of carbonyl (C=O) groups excluding carboxylic acids is 3. The number of phosphoric ester groups is 2. The number of carbonyl (C=O) groups is 3. The molecule has 18 heteroatoms. The molecule has 0 heterocycles. The minimum atomic E-state index is -4.95. The van der Waals surface area contributed by atoms with Crippen molar-refractivity contribution in [1.29, 1.82) is 0 Å². The maximum absolute atomic E-state index is 13.1. The quantitative estimate of drug-likeness (QED) is 0.0146. The summed E-state index contributed by atoms with van der Waals surface area (Å²) in [6.07, 6.45) is 136. The van der Waals surface area contributed by atoms with Crippen molar-refractivity contribution < 1.29 is 75.8 Å². The van der Waals surface area contributed by atoms with Crippen LogP contribution in [0.3, 0.4) is 0 Å². The van der Waals surface area contributed by atoms with Crippen molar-refractivity contribution in [1.82, 2.24) is 0 Å². The van der Waals surface area contributed by atoms with Crippen molar-refractivity contribution in [2.45, 2.75) is 450 Å². The number of rotatable bonds is 97. The van der Waals surface area contributed by atoms with Gasteiger partial charge in [-0.25, -0.2) is 9.13 Å². The standard InChI is InChI=1S/C111H188O16P2/c1-4-7-10-13-16-19-22-25-28-31-34-37-40-43-46-49-50-51-52-53-54-57-59-61-64-67-70-73-76-79-82-85-88-91-94-97-109(114)121-100-106(112)101-123-128(117,118)124-102-107(113)103-125-129(119,120)126-105-108(127-111(116)99-96-93-90-87-84-81-78-75-72-69-66-63-60-56-48-45-42-39-36-33-30-27-24-21-18-15-12-9-6-3)104-122-110(115)98-95-92-89-86-83-80-77-74-71-68-65-62-58-55-47-44-41-38-35-32-29-26-23-20-17-14-11-8-5-2/h7-8,10-11,16-21,25-30,34-39,43-48,50-51,58,62,106-108,112-113H,4-6,9,12-15,22-24,31-33,40-42,49,52-57,59-61,63-105H2,1-3H3,(H,117,118)(H,119,120)/b10-7-,11-8-,19-16-,20-17-,21-18-,28-25-,29-26-,30-27-,37-34-,38-35-,39-36-,46-43-,47-44-,48-45-,51-50-,62-58-. The normalized spacial score (nSPS) is 14.4. The number of esters is 3. The maximum atomic E-state index is 13.1. The molecule has 0 aliphatic heterocycles. The minimum Gasteiger partial charge on any atom is -0.463 e. The molecule has 0 rings (SSSR count). The molecule has 0 amide bonds. The first-order chi connectivity index (χ1) is 63.2. The molecule has 0 spiro atoms. The largest absolute Gasteiger partial charge is 0.472 e. The molecule has 0 fully saturated rings. The predicted molar refractivity (Wildman–Crippen MR) is 546 cm³/mol. The van der Waals surface area contributed by atoms with Crippen LogP contribution in [-0.2, 0) is 55.8 Å². The van der Waals surface area contributed by atoms with Gasteiger partial charge in [0.15, 0.2) is 6.10 Å². The summed E-state index contributed by atoms with van der Waals surface area (Å²) < 4.78 is 61.7. The van der Waals surface area contributed by atoms with Gasteiger partial charge in [-0.1, -0.05) is 440 Å². The average Bonchev–Trinajstić information content (AvgIpc) is 0.898. The second kappa shape index (κ2) is 101. The zero-order valence-corrected chi connectivity index (χ0v) is 83.6. The molecule has 0 aliphatic rings. The number of aliphatic hydroxyl groups excluding tert-OH is 2. The van der Waals surface area contributed by atoms with Crippen molar-refractivity contribution in [3.05, 3.63) is 194 Å². The first-order valence-electron chi connectivity index (χ1n) is 51.7. The SMILES string of the molecule is CC/C=C\C/C=C\C/C=C\C/C=C\C/C=C\C/C=C\CCCCCCCCCCCCCCCCCCC(=O)OCC(O)COP(=O)(O)OCC(O)COP(=O)(O)OCC(COC(=O)CCCCCCCCCCCC/C=C\C/C=C\C/C=C\C/C=C\C/C=C\C/C=C\CC)OC(=O)CCCCCCCCCCCCCCC/C=C\C/C=C\C/C=C\C/C=C\CCCCC. The van der Waals surface area contributed by atoms with E-state index in [2.05, 4.69) is 215 Å². The van der Waals surface area contributed by atoms with E-state index >= 15 is 0 Å². The fourth-order valence-corrected chi connectivity index (χ4v) is 15.6. The summed E-state index contributed by atoms with van der Waals surface area (Å²) in [5.41, 5.74) is 0. The van der Waals surface area contributed by atoms with Crippen molar-refractivity contribution in [2.75, 3.05) is 39.6 Å². The molecule has 5 atom stereocenters. The van der Waals surface area contributed by atoms with Gasteiger partial charge in [-0.05, 0) is 167 Å². The van der Waals surface area contributed by atoms with E-state index in [9.17, 15) is 43.5 Å². The monoisotopic (exact) mass is 1840 g/mol. The highest BCUT2D eigenvalue weighted by molar-refractivity contribution is 7.47. The first kappa shape index (κ1) is 123. The van der Waals surface area contributed by atoms with Crippen LogP contribution in [0.2, 0.25) is 0 Å². The van der Waals surface area contributed by atoms with Crippen LogP contribution in [0.25, 0.3) is 0 Å². The van der Waals surface area contributed by atoms with Gasteiger partial charge >= 0.3 is 33.6 Å². The van der Waals surface area contributed by atoms with Crippen LogP contribution < -0.4 is 0 Å². The molecule has 0 aliphatic carbocycles. The lowest BCUT2D eigenvalue weighted by molar-refractivity contribution is -0.161. The number of hydrogen-bond donors (Lipinski definition) is 4. The summed E-state index contributed by atoms with van der Waals surface area (Å²) in [6, 6.07) is 0. The van der Waals surface area contributed by atoms with Crippen LogP contribution >= 0.6 is 15.6 Å². The van der Waals surface area contributed by atoms with E-state index < -0.39 is 91.5 Å². The van der Waals surface area contributed by atoms with Crippen molar-refractivity contribution in [2.24, 2.45) is 0 Å². The van der Waals surface area contributed by atoms with Crippen LogP contribution in [0.1, 0.15) is 432 Å². The second-order valence-corrected chi connectivity index (χ2v) is 37.1. The molecule has 16 nitrogen and oxygen atoms in total. The third kappa shape index (κ3) is 103. The molecule has 129 heavy (non-hydrogen) atoms. The van der Waals surface area contributed by atoms with Gasteiger partial charge in [0.25, 0.3) is 0 Å². The molecule has 0 saturated carbocycles. The van der Waals surface area contributed by atoms with E-state index in [0.717, 1.165) is 180 Å². The van der Waals surface area contributed by atoms with Crippen LogP contribution in [0.4, 0.5) is 0 Å². The van der Waals surface area contributed by atoms with Gasteiger partial charge in [-0.3, -0.25) is 32.5 Å². The van der Waals surface area contributed by atoms with Gasteiger partial charge < -0.3 is 34.2 Å². The zero-order valence-electron chi connectivity index (χ0n) is 81.8. The number of unbranched alkanes of at least 4 members (excludes halogenated alkanes) is 42. The summed E-state index contributed by atoms with van der Waals surface area (Å²) in [7, 11) is -9.82. The van der Waals surface area contributed by atoms with E-state index in [4.69, 9.17) is 32.3 Å². The minimum absolute atomic E-state index is 0.0975. The van der Waals surface area contributed by atoms with Crippen LogP contribution in [-0.4, -0.2) is 95.9 Å². The molecular weight excluding hydrogens is 1650 g/mol. The number of allylic oxidation sites excluding steroid dienone is 32. The highest BCUT2D eigenvalue weighted by Gasteiger charge is 2.30. The van der Waals surface area contributed by atoms with E-state index in [1.54, 1.807) is 0 Å². The summed E-state index contributed by atoms with van der Waals surface area (Å²) >= 11 is 0. The van der Waals surface area contributed by atoms with E-state index in [0.29, 0.717) is 19.3 Å². The lowest BCUT2D eigenvalue weighted by atomic mass is 10.0. The highest BCUT2D eigenvalue weighted by atomic mass is 31.2.